The highest BCUT2D eigenvalue weighted by molar-refractivity contribution is 5.98. The molecular formula is C20H23N5O. The van der Waals surface area contributed by atoms with Gasteiger partial charge in [0.05, 0.1) is 17.3 Å². The van der Waals surface area contributed by atoms with E-state index in [0.717, 1.165) is 12.0 Å². The number of nitrogens with zero attached hydrogens (tertiary/aromatic N) is 4. The Bertz CT molecular complexity index is 853. The van der Waals surface area contributed by atoms with Crippen LogP contribution in [0.25, 0.3) is 5.69 Å². The molecule has 1 N–H and O–H groups in total. The van der Waals surface area contributed by atoms with Crippen molar-refractivity contribution in [3.63, 3.8) is 0 Å². The first-order valence-corrected chi connectivity index (χ1v) is 8.59. The average molecular weight is 349 g/mol. The summed E-state index contributed by atoms with van der Waals surface area (Å²) >= 11 is 0. The standard InChI is InChI=1S/C20H23N5O/c1-20(2,3)11-17(15-7-6-10-21-12-15)24-19(26)16-8-4-5-9-18(16)25-14-22-13-23-25/h4-10,12-14,17H,11H2,1-3H3,(H,24,26)/t17-/m1/s1. The van der Waals surface area contributed by atoms with E-state index in [-0.39, 0.29) is 17.4 Å². The van der Waals surface area contributed by atoms with Gasteiger partial charge in [-0.1, -0.05) is 39.0 Å². The Morgan fingerprint density at radius 2 is 1.96 bits per heavy atom. The van der Waals surface area contributed by atoms with E-state index in [1.807, 2.05) is 30.3 Å². The second kappa shape index (κ2) is 7.47. The number of hydrogen-bond acceptors (Lipinski definition) is 4. The largest absolute Gasteiger partial charge is 0.345 e. The highest BCUT2D eigenvalue weighted by atomic mass is 16.1. The van der Waals surface area contributed by atoms with Crippen molar-refractivity contribution >= 4 is 5.91 Å². The molecule has 1 aromatic carbocycles. The molecule has 1 amide bonds. The van der Waals surface area contributed by atoms with Gasteiger partial charge in [0.25, 0.3) is 5.91 Å². The third-order valence-corrected chi connectivity index (χ3v) is 4.02. The summed E-state index contributed by atoms with van der Waals surface area (Å²) in [4.78, 5) is 21.2. The maximum absolute atomic E-state index is 13.0. The van der Waals surface area contributed by atoms with Crippen molar-refractivity contribution in [2.45, 2.75) is 33.2 Å². The van der Waals surface area contributed by atoms with Crippen LogP contribution in [0.3, 0.4) is 0 Å². The van der Waals surface area contributed by atoms with Crippen molar-refractivity contribution in [2.24, 2.45) is 5.41 Å². The molecule has 0 aliphatic heterocycles. The fraction of sp³-hybridized carbons (Fsp3) is 0.300. The van der Waals surface area contributed by atoms with Crippen molar-refractivity contribution in [3.05, 3.63) is 72.6 Å². The summed E-state index contributed by atoms with van der Waals surface area (Å²) in [6, 6.07) is 11.1. The minimum absolute atomic E-state index is 0.0548. The Morgan fingerprint density at radius 1 is 1.15 bits per heavy atom. The fourth-order valence-electron chi connectivity index (χ4n) is 2.88. The number of hydrogen-bond donors (Lipinski definition) is 1. The molecule has 0 saturated heterocycles. The number of aromatic nitrogens is 4. The van der Waals surface area contributed by atoms with Gasteiger partial charge < -0.3 is 5.32 Å². The topological polar surface area (TPSA) is 72.7 Å². The lowest BCUT2D eigenvalue weighted by Gasteiger charge is -2.27. The predicted octanol–water partition coefficient (Wildman–Crippen LogP) is 3.57. The molecule has 1 atom stereocenters. The normalized spacial score (nSPS) is 12.6. The first kappa shape index (κ1) is 17.8. The third kappa shape index (κ3) is 4.33. The Kier molecular flexibility index (Phi) is 5.11. The van der Waals surface area contributed by atoms with Gasteiger partial charge in [0.1, 0.15) is 12.7 Å². The van der Waals surface area contributed by atoms with Crippen LogP contribution in [0.5, 0.6) is 0 Å². The van der Waals surface area contributed by atoms with Gasteiger partial charge in [-0.3, -0.25) is 9.78 Å². The molecule has 0 spiro atoms. The molecule has 0 saturated carbocycles. The van der Waals surface area contributed by atoms with E-state index < -0.39 is 0 Å². The van der Waals surface area contributed by atoms with E-state index in [0.29, 0.717) is 11.3 Å². The van der Waals surface area contributed by atoms with Crippen LogP contribution in [0.4, 0.5) is 0 Å². The van der Waals surface area contributed by atoms with Gasteiger partial charge in [-0.25, -0.2) is 9.67 Å². The highest BCUT2D eigenvalue weighted by Gasteiger charge is 2.24. The SMILES string of the molecule is CC(C)(C)C[C@@H](NC(=O)c1ccccc1-n1cncn1)c1cccnc1. The molecule has 6 heteroatoms. The lowest BCUT2D eigenvalue weighted by Crippen LogP contribution is -2.32. The molecule has 0 aliphatic carbocycles. The van der Waals surface area contributed by atoms with Gasteiger partial charge in [0, 0.05) is 12.4 Å². The lowest BCUT2D eigenvalue weighted by atomic mass is 9.85. The average Bonchev–Trinajstić information content (AvgIpc) is 3.15. The van der Waals surface area contributed by atoms with Gasteiger partial charge in [-0.2, -0.15) is 5.10 Å². The van der Waals surface area contributed by atoms with Crippen LogP contribution < -0.4 is 5.32 Å². The van der Waals surface area contributed by atoms with Crippen LogP contribution in [0, 0.1) is 5.41 Å². The highest BCUT2D eigenvalue weighted by Crippen LogP contribution is 2.29. The quantitative estimate of drug-likeness (QED) is 0.764. The molecule has 3 rings (SSSR count). The zero-order chi connectivity index (χ0) is 18.6. The maximum atomic E-state index is 13.0. The summed E-state index contributed by atoms with van der Waals surface area (Å²) in [6.07, 6.45) is 7.38. The molecule has 0 bridgehead atoms. The Hall–Kier alpha value is -3.02. The van der Waals surface area contributed by atoms with Crippen LogP contribution in [-0.2, 0) is 0 Å². The van der Waals surface area contributed by atoms with Gasteiger partial charge in [0.15, 0.2) is 0 Å². The van der Waals surface area contributed by atoms with Crippen molar-refractivity contribution in [2.75, 3.05) is 0 Å². The summed E-state index contributed by atoms with van der Waals surface area (Å²) in [7, 11) is 0. The summed E-state index contributed by atoms with van der Waals surface area (Å²) in [5, 5.41) is 7.31. The van der Waals surface area contributed by atoms with Crippen LogP contribution in [-0.4, -0.2) is 25.7 Å². The van der Waals surface area contributed by atoms with Crippen molar-refractivity contribution < 1.29 is 4.79 Å². The molecule has 26 heavy (non-hydrogen) atoms. The summed E-state index contributed by atoms with van der Waals surface area (Å²) < 4.78 is 1.59. The number of amides is 1. The fourth-order valence-corrected chi connectivity index (χ4v) is 2.88. The predicted molar refractivity (Wildman–Crippen MR) is 99.9 cm³/mol. The van der Waals surface area contributed by atoms with E-state index in [2.05, 4.69) is 41.2 Å². The molecule has 6 nitrogen and oxygen atoms in total. The van der Waals surface area contributed by atoms with Crippen molar-refractivity contribution in [1.82, 2.24) is 25.1 Å². The number of pyridine rings is 1. The van der Waals surface area contributed by atoms with Crippen LogP contribution in [0.2, 0.25) is 0 Å². The van der Waals surface area contributed by atoms with E-state index in [1.165, 1.54) is 6.33 Å². The van der Waals surface area contributed by atoms with Crippen LogP contribution in [0.1, 0.15) is 49.2 Å². The Balaban J connectivity index is 1.89. The van der Waals surface area contributed by atoms with Crippen LogP contribution in [0.15, 0.2) is 61.4 Å². The molecule has 2 aromatic heterocycles. The van der Waals surface area contributed by atoms with E-state index in [9.17, 15) is 4.79 Å². The molecule has 134 valence electrons. The molecule has 3 aromatic rings. The molecule has 2 heterocycles. The number of para-hydroxylation sites is 1. The summed E-state index contributed by atoms with van der Waals surface area (Å²) in [5.41, 5.74) is 2.30. The zero-order valence-corrected chi connectivity index (χ0v) is 15.3. The molecule has 0 radical (unpaired) electrons. The van der Waals surface area contributed by atoms with Crippen molar-refractivity contribution in [1.29, 1.82) is 0 Å². The van der Waals surface area contributed by atoms with Gasteiger partial charge in [-0.15, -0.1) is 0 Å². The maximum Gasteiger partial charge on any atom is 0.253 e. The minimum atomic E-state index is -0.144. The van der Waals surface area contributed by atoms with Gasteiger partial charge >= 0.3 is 0 Å². The second-order valence-corrected chi connectivity index (χ2v) is 7.43. The van der Waals surface area contributed by atoms with Gasteiger partial charge in [0.2, 0.25) is 0 Å². The first-order chi connectivity index (χ1) is 12.4. The van der Waals surface area contributed by atoms with E-state index >= 15 is 0 Å². The Labute approximate surface area is 153 Å². The lowest BCUT2D eigenvalue weighted by molar-refractivity contribution is 0.0926. The zero-order valence-electron chi connectivity index (χ0n) is 15.3. The number of carbonyl (C=O) groups is 1. The van der Waals surface area contributed by atoms with E-state index in [1.54, 1.807) is 29.5 Å². The van der Waals surface area contributed by atoms with Crippen molar-refractivity contribution in [3.8, 4) is 5.69 Å². The van der Waals surface area contributed by atoms with Gasteiger partial charge in [-0.05, 0) is 35.6 Å². The molecule has 0 fully saturated rings. The first-order valence-electron chi connectivity index (χ1n) is 8.59. The molecule has 0 unspecified atom stereocenters. The summed E-state index contributed by atoms with van der Waals surface area (Å²) in [5.74, 6) is -0.144. The Morgan fingerprint density at radius 3 is 2.62 bits per heavy atom. The number of benzene rings is 1. The summed E-state index contributed by atoms with van der Waals surface area (Å²) in [6.45, 7) is 6.48. The third-order valence-electron chi connectivity index (χ3n) is 4.02. The van der Waals surface area contributed by atoms with E-state index in [4.69, 9.17) is 0 Å². The number of rotatable bonds is 5. The smallest absolute Gasteiger partial charge is 0.253 e. The monoisotopic (exact) mass is 349 g/mol. The number of carbonyl (C=O) groups excluding carboxylic acids is 1. The molecular weight excluding hydrogens is 326 g/mol. The second-order valence-electron chi connectivity index (χ2n) is 7.43. The number of nitrogens with one attached hydrogen (secondary N) is 1. The van der Waals surface area contributed by atoms with Crippen LogP contribution >= 0.6 is 0 Å². The molecule has 0 aliphatic rings. The minimum Gasteiger partial charge on any atom is -0.345 e.